The second kappa shape index (κ2) is 8.10. The van der Waals surface area contributed by atoms with E-state index < -0.39 is 36.2 Å². The summed E-state index contributed by atoms with van der Waals surface area (Å²) in [6, 6.07) is -3.30. The Bertz CT molecular complexity index is 670. The number of nitrogens with zero attached hydrogens (tertiary/aromatic N) is 2. The van der Waals surface area contributed by atoms with Gasteiger partial charge in [-0.3, -0.25) is 5.41 Å². The van der Waals surface area contributed by atoms with Crippen molar-refractivity contribution in [2.24, 2.45) is 11.5 Å². The molecule has 1 fully saturated rings. The lowest BCUT2D eigenvalue weighted by Crippen LogP contribution is -2.49. The normalized spacial score (nSPS) is 18.1. The lowest BCUT2D eigenvalue weighted by atomic mass is 9.98. The molecule has 12 nitrogen and oxygen atoms in total. The monoisotopic (exact) mass is 369 g/mol. The molecule has 0 bridgehead atoms. The molecule has 26 heavy (non-hydrogen) atoms. The molecule has 9 N–H and O–H groups in total. The van der Waals surface area contributed by atoms with Gasteiger partial charge in [0.05, 0.1) is 18.0 Å². The van der Waals surface area contributed by atoms with E-state index in [0.29, 0.717) is 18.7 Å². The summed E-state index contributed by atoms with van der Waals surface area (Å²) in [4.78, 5) is 27.1. The third-order valence-electron chi connectivity index (χ3n) is 4.20. The Labute approximate surface area is 148 Å². The van der Waals surface area contributed by atoms with E-state index in [2.05, 4.69) is 20.8 Å². The molecule has 2 atom stereocenters. The fraction of sp³-hybridized carbons (Fsp3) is 0.643. The maximum absolute atomic E-state index is 12.0. The first-order valence-electron chi connectivity index (χ1n) is 8.11. The van der Waals surface area contributed by atoms with Crippen LogP contribution in [0.4, 0.5) is 4.79 Å². The molecule has 0 aliphatic heterocycles. The predicted molar refractivity (Wildman–Crippen MR) is 88.1 cm³/mol. The Morgan fingerprint density at radius 2 is 2.00 bits per heavy atom. The second-order valence-electron chi connectivity index (χ2n) is 6.29. The van der Waals surface area contributed by atoms with Crippen molar-refractivity contribution in [3.63, 3.8) is 0 Å². The van der Waals surface area contributed by atoms with Gasteiger partial charge in [0.25, 0.3) is 0 Å². The molecule has 2 rings (SSSR count). The van der Waals surface area contributed by atoms with Gasteiger partial charge in [-0.15, -0.1) is 0 Å². The number of hydrogen-bond donors (Lipinski definition) is 7. The highest BCUT2D eigenvalue weighted by Crippen LogP contribution is 2.35. The smallest absolute Gasteiger partial charge is 0.328 e. The number of nitrogens with one attached hydrogen (secondary N) is 3. The highest BCUT2D eigenvalue weighted by atomic mass is 16.5. The number of aliphatic hydroxyl groups is 1. The SMILES string of the molecule is N=C(N)C[C@H](NC(=O)N[C@@H](CO)C(=O)O)c1nc(C2(N)CCCC2)no1. The van der Waals surface area contributed by atoms with E-state index >= 15 is 0 Å². The van der Waals surface area contributed by atoms with Gasteiger partial charge >= 0.3 is 12.0 Å². The third kappa shape index (κ3) is 4.67. The summed E-state index contributed by atoms with van der Waals surface area (Å²) >= 11 is 0. The molecule has 0 spiro atoms. The molecule has 1 aliphatic rings. The van der Waals surface area contributed by atoms with Crippen LogP contribution >= 0.6 is 0 Å². The zero-order valence-electron chi connectivity index (χ0n) is 14.1. The van der Waals surface area contributed by atoms with Crippen LogP contribution in [0, 0.1) is 5.41 Å². The molecule has 1 saturated carbocycles. The number of urea groups is 1. The number of rotatable bonds is 8. The number of carboxylic acid groups (broad SMARTS) is 1. The number of hydrogen-bond acceptors (Lipinski definition) is 8. The van der Waals surface area contributed by atoms with E-state index in [-0.39, 0.29) is 18.1 Å². The van der Waals surface area contributed by atoms with Crippen molar-refractivity contribution in [3.8, 4) is 0 Å². The van der Waals surface area contributed by atoms with Gasteiger partial charge in [0.15, 0.2) is 11.9 Å². The van der Waals surface area contributed by atoms with Crippen LogP contribution in [0.25, 0.3) is 0 Å². The number of aliphatic carboxylic acids is 1. The molecular weight excluding hydrogens is 346 g/mol. The lowest BCUT2D eigenvalue weighted by Gasteiger charge is -2.19. The number of carbonyl (C=O) groups is 2. The van der Waals surface area contributed by atoms with Crippen LogP contribution < -0.4 is 22.1 Å². The number of carboxylic acids is 1. The zero-order chi connectivity index (χ0) is 19.3. The minimum atomic E-state index is -1.47. The average Bonchev–Trinajstić information content (AvgIpc) is 3.21. The fourth-order valence-corrected chi connectivity index (χ4v) is 2.77. The quantitative estimate of drug-likeness (QED) is 0.218. The highest BCUT2D eigenvalue weighted by Gasteiger charge is 2.37. The number of carbonyl (C=O) groups excluding carboxylic acids is 1. The molecule has 0 radical (unpaired) electrons. The van der Waals surface area contributed by atoms with Crippen LogP contribution in [0.2, 0.25) is 0 Å². The molecular formula is C14H23N7O5. The first-order chi connectivity index (χ1) is 12.2. The van der Waals surface area contributed by atoms with Gasteiger partial charge in [-0.25, -0.2) is 9.59 Å². The standard InChI is InChI=1S/C14H23N7O5/c15-9(16)5-7(18-13(25)19-8(6-22)11(23)24)10-20-12(21-26-10)14(17)3-1-2-4-14/h7-8,22H,1-6,17H2,(H3,15,16)(H,23,24)(H2,18,19,25)/t7-,8-/m0/s1. The Hall–Kier alpha value is -2.73. The summed E-state index contributed by atoms with van der Waals surface area (Å²) < 4.78 is 5.18. The Balaban J connectivity index is 2.12. The van der Waals surface area contributed by atoms with E-state index in [1.165, 1.54) is 0 Å². The topological polar surface area (TPSA) is 213 Å². The van der Waals surface area contributed by atoms with Crippen molar-refractivity contribution in [2.45, 2.75) is 49.7 Å². The molecule has 0 saturated heterocycles. The maximum atomic E-state index is 12.0. The molecule has 144 valence electrons. The predicted octanol–water partition coefficient (Wildman–Crippen LogP) is -1.09. The Morgan fingerprint density at radius 1 is 1.35 bits per heavy atom. The first-order valence-corrected chi connectivity index (χ1v) is 8.11. The van der Waals surface area contributed by atoms with Crippen molar-refractivity contribution in [1.29, 1.82) is 5.41 Å². The van der Waals surface area contributed by atoms with E-state index in [1.807, 2.05) is 0 Å². The molecule has 1 aromatic rings. The van der Waals surface area contributed by atoms with Gasteiger partial charge < -0.3 is 36.8 Å². The van der Waals surface area contributed by atoms with Gasteiger partial charge in [-0.05, 0) is 12.8 Å². The summed E-state index contributed by atoms with van der Waals surface area (Å²) in [7, 11) is 0. The van der Waals surface area contributed by atoms with E-state index in [0.717, 1.165) is 12.8 Å². The highest BCUT2D eigenvalue weighted by molar-refractivity contribution is 5.83. The van der Waals surface area contributed by atoms with Gasteiger partial charge in [0, 0.05) is 6.42 Å². The van der Waals surface area contributed by atoms with Crippen molar-refractivity contribution >= 4 is 17.8 Å². The lowest BCUT2D eigenvalue weighted by molar-refractivity contribution is -0.140. The number of nitrogens with two attached hydrogens (primary N) is 2. The minimum Gasteiger partial charge on any atom is -0.480 e. The van der Waals surface area contributed by atoms with Crippen LogP contribution in [0.3, 0.4) is 0 Å². The van der Waals surface area contributed by atoms with Gasteiger partial charge in [-0.1, -0.05) is 18.0 Å². The average molecular weight is 369 g/mol. The first kappa shape index (κ1) is 19.6. The van der Waals surface area contributed by atoms with Gasteiger partial charge in [0.2, 0.25) is 5.89 Å². The third-order valence-corrected chi connectivity index (χ3v) is 4.20. The Morgan fingerprint density at radius 3 is 2.54 bits per heavy atom. The van der Waals surface area contributed by atoms with E-state index in [9.17, 15) is 9.59 Å². The van der Waals surface area contributed by atoms with Crippen LogP contribution in [-0.2, 0) is 10.3 Å². The molecule has 1 aliphatic carbocycles. The minimum absolute atomic E-state index is 0.0120. The molecule has 0 unspecified atom stereocenters. The summed E-state index contributed by atoms with van der Waals surface area (Å²) in [6.45, 7) is -0.777. The second-order valence-corrected chi connectivity index (χ2v) is 6.29. The van der Waals surface area contributed by atoms with Crippen LogP contribution in [0.5, 0.6) is 0 Å². The number of amides is 2. The molecule has 0 aromatic carbocycles. The van der Waals surface area contributed by atoms with Crippen molar-refractivity contribution in [1.82, 2.24) is 20.8 Å². The van der Waals surface area contributed by atoms with Crippen LogP contribution in [0.15, 0.2) is 4.52 Å². The zero-order valence-corrected chi connectivity index (χ0v) is 14.1. The number of amidine groups is 1. The van der Waals surface area contributed by atoms with E-state index in [1.54, 1.807) is 0 Å². The van der Waals surface area contributed by atoms with Crippen LogP contribution in [0.1, 0.15) is 49.9 Å². The van der Waals surface area contributed by atoms with Gasteiger partial charge in [0.1, 0.15) is 6.04 Å². The van der Waals surface area contributed by atoms with Crippen molar-refractivity contribution in [2.75, 3.05) is 6.61 Å². The summed E-state index contributed by atoms with van der Waals surface area (Å²) in [6.07, 6.45) is 3.22. The summed E-state index contributed by atoms with van der Waals surface area (Å²) in [5, 5.41) is 33.6. The molecule has 2 amide bonds. The molecule has 1 heterocycles. The largest absolute Gasteiger partial charge is 0.480 e. The molecule has 12 heteroatoms. The van der Waals surface area contributed by atoms with Crippen molar-refractivity contribution in [3.05, 3.63) is 11.7 Å². The summed E-state index contributed by atoms with van der Waals surface area (Å²) in [5.41, 5.74) is 11.0. The number of aromatic nitrogens is 2. The van der Waals surface area contributed by atoms with Gasteiger partial charge in [-0.2, -0.15) is 4.98 Å². The summed E-state index contributed by atoms with van der Waals surface area (Å²) in [5.74, 6) is -1.30. The van der Waals surface area contributed by atoms with E-state index in [4.69, 9.17) is 31.6 Å². The number of aliphatic hydroxyl groups excluding tert-OH is 1. The van der Waals surface area contributed by atoms with Crippen LogP contribution in [-0.4, -0.2) is 50.8 Å². The van der Waals surface area contributed by atoms with Crippen molar-refractivity contribution < 1.29 is 24.3 Å². The fourth-order valence-electron chi connectivity index (χ4n) is 2.77. The molecule has 1 aromatic heterocycles. The Kier molecular flexibility index (Phi) is 6.10. The maximum Gasteiger partial charge on any atom is 0.328 e.